The number of unbranched alkanes of at least 4 members (excludes halogenated alkanes) is 5. The third kappa shape index (κ3) is 4.93. The van der Waals surface area contributed by atoms with Crippen molar-refractivity contribution in [3.05, 3.63) is 23.8 Å². The van der Waals surface area contributed by atoms with Gasteiger partial charge in [-0.2, -0.15) is 0 Å². The topological polar surface area (TPSA) is 26.0 Å². The Balaban J connectivity index is 2.19. The Bertz CT molecular complexity index is 310. The molecule has 0 aliphatic carbocycles. The van der Waals surface area contributed by atoms with Crippen LogP contribution >= 0.6 is 12.6 Å². The number of benzene rings is 1. The SMILES string of the molecule is CCCCCCCCc1ccc(N)c(S)c1. The second kappa shape index (κ2) is 7.61. The van der Waals surface area contributed by atoms with Crippen LogP contribution in [0.25, 0.3) is 0 Å². The molecule has 0 aliphatic rings. The van der Waals surface area contributed by atoms with Crippen molar-refractivity contribution in [3.63, 3.8) is 0 Å². The minimum atomic E-state index is 0.773. The van der Waals surface area contributed by atoms with Gasteiger partial charge in [0.25, 0.3) is 0 Å². The van der Waals surface area contributed by atoms with E-state index in [9.17, 15) is 0 Å². The second-order valence-corrected chi connectivity index (χ2v) is 4.89. The molecule has 0 amide bonds. The van der Waals surface area contributed by atoms with E-state index in [0.717, 1.165) is 17.0 Å². The maximum absolute atomic E-state index is 5.72. The highest BCUT2D eigenvalue weighted by Crippen LogP contribution is 2.19. The number of hydrogen-bond donors (Lipinski definition) is 2. The quantitative estimate of drug-likeness (QED) is 0.409. The highest BCUT2D eigenvalue weighted by Gasteiger charge is 1.97. The molecule has 0 aromatic heterocycles. The van der Waals surface area contributed by atoms with Crippen molar-refractivity contribution in [2.75, 3.05) is 5.73 Å². The predicted molar refractivity (Wildman–Crippen MR) is 75.2 cm³/mol. The highest BCUT2D eigenvalue weighted by atomic mass is 32.1. The van der Waals surface area contributed by atoms with Gasteiger partial charge in [0.15, 0.2) is 0 Å². The first-order valence-electron chi connectivity index (χ1n) is 6.31. The van der Waals surface area contributed by atoms with E-state index in [2.05, 4.69) is 31.7 Å². The van der Waals surface area contributed by atoms with Crippen LogP contribution in [0.4, 0.5) is 5.69 Å². The molecule has 0 saturated carbocycles. The molecule has 16 heavy (non-hydrogen) atoms. The van der Waals surface area contributed by atoms with Crippen molar-refractivity contribution in [3.8, 4) is 0 Å². The lowest BCUT2D eigenvalue weighted by Crippen LogP contribution is -1.90. The maximum atomic E-state index is 5.72. The first-order chi connectivity index (χ1) is 7.74. The van der Waals surface area contributed by atoms with Gasteiger partial charge in [-0.15, -0.1) is 12.6 Å². The molecule has 1 aromatic rings. The molecule has 0 aliphatic heterocycles. The molecular weight excluding hydrogens is 214 g/mol. The molecule has 2 heteroatoms. The minimum Gasteiger partial charge on any atom is -0.398 e. The maximum Gasteiger partial charge on any atom is 0.0449 e. The number of aryl methyl sites for hydroxylation is 1. The molecule has 1 nitrogen and oxygen atoms in total. The van der Waals surface area contributed by atoms with Crippen LogP contribution in [0.1, 0.15) is 51.0 Å². The van der Waals surface area contributed by atoms with Crippen LogP contribution < -0.4 is 5.73 Å². The third-order valence-electron chi connectivity index (χ3n) is 2.91. The van der Waals surface area contributed by atoms with Gasteiger partial charge in [0.2, 0.25) is 0 Å². The number of hydrogen-bond acceptors (Lipinski definition) is 2. The van der Waals surface area contributed by atoms with Crippen LogP contribution in [0.2, 0.25) is 0 Å². The van der Waals surface area contributed by atoms with Gasteiger partial charge in [-0.3, -0.25) is 0 Å². The van der Waals surface area contributed by atoms with E-state index in [0.29, 0.717) is 0 Å². The fraction of sp³-hybridized carbons (Fsp3) is 0.571. The summed E-state index contributed by atoms with van der Waals surface area (Å²) in [5.41, 5.74) is 7.85. The zero-order chi connectivity index (χ0) is 11.8. The predicted octanol–water partition coefficient (Wildman–Crippen LogP) is 4.46. The molecule has 0 bridgehead atoms. The summed E-state index contributed by atoms with van der Waals surface area (Å²) in [4.78, 5) is 0.906. The molecule has 0 fully saturated rings. The largest absolute Gasteiger partial charge is 0.398 e. The standard InChI is InChI=1S/C14H23NS/c1-2-3-4-5-6-7-8-12-9-10-13(15)14(16)11-12/h9-11,16H,2-8,15H2,1H3. The van der Waals surface area contributed by atoms with Crippen LogP contribution in [0.15, 0.2) is 23.1 Å². The molecule has 0 heterocycles. The summed E-state index contributed by atoms with van der Waals surface area (Å²) in [5, 5.41) is 0. The van der Waals surface area contributed by atoms with Gasteiger partial charge < -0.3 is 5.73 Å². The minimum absolute atomic E-state index is 0.773. The van der Waals surface area contributed by atoms with Gasteiger partial charge in [0.05, 0.1) is 0 Å². The monoisotopic (exact) mass is 237 g/mol. The van der Waals surface area contributed by atoms with Gasteiger partial charge in [-0.1, -0.05) is 45.1 Å². The van der Waals surface area contributed by atoms with Crippen LogP contribution in [-0.4, -0.2) is 0 Å². The molecule has 0 radical (unpaired) electrons. The summed E-state index contributed by atoms with van der Waals surface area (Å²) < 4.78 is 0. The lowest BCUT2D eigenvalue weighted by Gasteiger charge is -2.04. The van der Waals surface area contributed by atoms with Crippen molar-refractivity contribution in [1.82, 2.24) is 0 Å². The number of nitrogens with two attached hydrogens (primary N) is 1. The van der Waals surface area contributed by atoms with E-state index in [1.165, 1.54) is 44.1 Å². The highest BCUT2D eigenvalue weighted by molar-refractivity contribution is 7.80. The van der Waals surface area contributed by atoms with Gasteiger partial charge in [0, 0.05) is 10.6 Å². The first kappa shape index (κ1) is 13.4. The van der Waals surface area contributed by atoms with Crippen molar-refractivity contribution >= 4 is 18.3 Å². The molecule has 90 valence electrons. The fourth-order valence-corrected chi connectivity index (χ4v) is 2.09. The average Bonchev–Trinajstić information content (AvgIpc) is 2.28. The zero-order valence-corrected chi connectivity index (χ0v) is 11.1. The summed E-state index contributed by atoms with van der Waals surface area (Å²) in [5.74, 6) is 0. The molecule has 0 saturated heterocycles. The molecule has 2 N–H and O–H groups in total. The lowest BCUT2D eigenvalue weighted by molar-refractivity contribution is 0.607. The van der Waals surface area contributed by atoms with Crippen LogP contribution in [-0.2, 0) is 6.42 Å². The Hall–Kier alpha value is -0.630. The van der Waals surface area contributed by atoms with Gasteiger partial charge in [0.1, 0.15) is 0 Å². The smallest absolute Gasteiger partial charge is 0.0449 e. The van der Waals surface area contributed by atoms with Gasteiger partial charge >= 0.3 is 0 Å². The first-order valence-corrected chi connectivity index (χ1v) is 6.76. The van der Waals surface area contributed by atoms with Crippen molar-refractivity contribution in [2.45, 2.75) is 56.8 Å². The zero-order valence-electron chi connectivity index (χ0n) is 10.2. The fourth-order valence-electron chi connectivity index (χ4n) is 1.85. The Labute approximate surface area is 105 Å². The summed E-state index contributed by atoms with van der Waals surface area (Å²) in [7, 11) is 0. The Morgan fingerprint density at radius 3 is 2.44 bits per heavy atom. The Morgan fingerprint density at radius 1 is 1.06 bits per heavy atom. The molecular formula is C14H23NS. The summed E-state index contributed by atoms with van der Waals surface area (Å²) in [6.07, 6.45) is 9.23. The number of anilines is 1. The third-order valence-corrected chi connectivity index (χ3v) is 3.30. The van der Waals surface area contributed by atoms with E-state index in [1.807, 2.05) is 6.07 Å². The molecule has 0 atom stereocenters. The number of nitrogen functional groups attached to an aromatic ring is 1. The van der Waals surface area contributed by atoms with E-state index >= 15 is 0 Å². The Kier molecular flexibility index (Phi) is 6.39. The van der Waals surface area contributed by atoms with Crippen LogP contribution in [0.5, 0.6) is 0 Å². The van der Waals surface area contributed by atoms with Gasteiger partial charge in [-0.05, 0) is 30.5 Å². The van der Waals surface area contributed by atoms with Crippen molar-refractivity contribution in [2.24, 2.45) is 0 Å². The Morgan fingerprint density at radius 2 is 1.75 bits per heavy atom. The van der Waals surface area contributed by atoms with E-state index in [4.69, 9.17) is 5.73 Å². The van der Waals surface area contributed by atoms with Crippen LogP contribution in [0, 0.1) is 0 Å². The number of rotatable bonds is 7. The summed E-state index contributed by atoms with van der Waals surface area (Å²) in [6.45, 7) is 2.25. The molecule has 1 rings (SSSR count). The van der Waals surface area contributed by atoms with Gasteiger partial charge in [-0.25, -0.2) is 0 Å². The van der Waals surface area contributed by atoms with Crippen molar-refractivity contribution in [1.29, 1.82) is 0 Å². The normalized spacial score (nSPS) is 10.6. The van der Waals surface area contributed by atoms with E-state index in [-0.39, 0.29) is 0 Å². The molecule has 0 spiro atoms. The number of thiol groups is 1. The van der Waals surface area contributed by atoms with Crippen molar-refractivity contribution < 1.29 is 0 Å². The molecule has 1 aromatic carbocycles. The summed E-state index contributed by atoms with van der Waals surface area (Å²) >= 11 is 4.33. The molecule has 0 unspecified atom stereocenters. The van der Waals surface area contributed by atoms with Crippen LogP contribution in [0.3, 0.4) is 0 Å². The van der Waals surface area contributed by atoms with E-state index < -0.39 is 0 Å². The second-order valence-electron chi connectivity index (χ2n) is 4.41. The lowest BCUT2D eigenvalue weighted by atomic mass is 10.0. The van der Waals surface area contributed by atoms with E-state index in [1.54, 1.807) is 0 Å². The summed E-state index contributed by atoms with van der Waals surface area (Å²) in [6, 6.07) is 6.15. The average molecular weight is 237 g/mol.